The third-order valence-corrected chi connectivity index (χ3v) is 2.11. The Kier molecular flexibility index (Phi) is 1.94. The fraction of sp³-hybridized carbons (Fsp3) is 0.111. The van der Waals surface area contributed by atoms with Crippen LogP contribution in [0.2, 0.25) is 0 Å². The van der Waals surface area contributed by atoms with E-state index in [1.807, 2.05) is 23.2 Å². The van der Waals surface area contributed by atoms with E-state index in [-0.39, 0.29) is 5.84 Å². The first kappa shape index (κ1) is 8.71. The second-order valence-electron chi connectivity index (χ2n) is 3.02. The standard InChI is InChI=1S/C9H10N4O/c1-13-5-7(8(10)12-14)6-3-2-4-11-9(6)13/h2-5,14H,1H3,(H2,10,12). The van der Waals surface area contributed by atoms with Crippen LogP contribution in [0.25, 0.3) is 11.0 Å². The van der Waals surface area contributed by atoms with Crippen LogP contribution in [-0.4, -0.2) is 20.6 Å². The zero-order valence-electron chi connectivity index (χ0n) is 7.65. The van der Waals surface area contributed by atoms with Gasteiger partial charge in [0.05, 0.1) is 0 Å². The van der Waals surface area contributed by atoms with E-state index in [9.17, 15) is 0 Å². The number of rotatable bonds is 1. The van der Waals surface area contributed by atoms with E-state index in [0.29, 0.717) is 5.56 Å². The Morgan fingerprint density at radius 1 is 1.64 bits per heavy atom. The summed E-state index contributed by atoms with van der Waals surface area (Å²) in [5.74, 6) is -0.0244. The van der Waals surface area contributed by atoms with Crippen LogP contribution in [0.5, 0.6) is 0 Å². The molecule has 5 heteroatoms. The minimum absolute atomic E-state index is 0.0244. The van der Waals surface area contributed by atoms with Crippen molar-refractivity contribution in [3.8, 4) is 0 Å². The van der Waals surface area contributed by atoms with E-state index < -0.39 is 0 Å². The SMILES string of the molecule is Cn1cc(C(=N)NO)c2cccnc21. The molecular formula is C9H10N4O. The molecule has 3 N–H and O–H groups in total. The Morgan fingerprint density at radius 3 is 3.14 bits per heavy atom. The Labute approximate surface area is 80.5 Å². The lowest BCUT2D eigenvalue weighted by molar-refractivity contribution is 0.234. The van der Waals surface area contributed by atoms with Crippen molar-refractivity contribution in [3.05, 3.63) is 30.1 Å². The summed E-state index contributed by atoms with van der Waals surface area (Å²) >= 11 is 0. The zero-order valence-corrected chi connectivity index (χ0v) is 7.65. The molecule has 2 rings (SSSR count). The van der Waals surface area contributed by atoms with E-state index in [1.165, 1.54) is 0 Å². The Hall–Kier alpha value is -1.88. The Bertz CT molecular complexity index is 489. The molecular weight excluding hydrogens is 180 g/mol. The quantitative estimate of drug-likeness (QED) is 0.355. The molecule has 0 radical (unpaired) electrons. The zero-order chi connectivity index (χ0) is 10.1. The van der Waals surface area contributed by atoms with Gasteiger partial charge in [-0.15, -0.1) is 0 Å². The van der Waals surface area contributed by atoms with Crippen LogP contribution in [0.1, 0.15) is 5.56 Å². The van der Waals surface area contributed by atoms with Crippen LogP contribution in [0.15, 0.2) is 24.5 Å². The molecule has 0 bridgehead atoms. The molecule has 0 atom stereocenters. The molecule has 0 aliphatic rings. The minimum Gasteiger partial charge on any atom is -0.335 e. The molecule has 0 saturated heterocycles. The average Bonchev–Trinajstić information content (AvgIpc) is 2.56. The van der Waals surface area contributed by atoms with Gasteiger partial charge in [0.2, 0.25) is 0 Å². The topological polar surface area (TPSA) is 73.9 Å². The summed E-state index contributed by atoms with van der Waals surface area (Å²) in [6.45, 7) is 0. The van der Waals surface area contributed by atoms with Crippen molar-refractivity contribution in [1.29, 1.82) is 5.41 Å². The lowest BCUT2D eigenvalue weighted by atomic mass is 10.2. The van der Waals surface area contributed by atoms with Gasteiger partial charge in [-0.25, -0.2) is 4.98 Å². The predicted octanol–water partition coefficient (Wildman–Crippen LogP) is 0.877. The highest BCUT2D eigenvalue weighted by atomic mass is 16.5. The normalized spacial score (nSPS) is 10.4. The number of hydrogen-bond donors (Lipinski definition) is 3. The molecule has 0 unspecified atom stereocenters. The fourth-order valence-corrected chi connectivity index (χ4v) is 1.47. The molecule has 0 fully saturated rings. The average molecular weight is 190 g/mol. The van der Waals surface area contributed by atoms with Crippen LogP contribution in [0.4, 0.5) is 0 Å². The van der Waals surface area contributed by atoms with E-state index in [1.54, 1.807) is 18.5 Å². The number of nitrogens with one attached hydrogen (secondary N) is 2. The molecule has 72 valence electrons. The van der Waals surface area contributed by atoms with Crippen molar-refractivity contribution < 1.29 is 5.21 Å². The third-order valence-electron chi connectivity index (χ3n) is 2.11. The number of pyridine rings is 1. The maximum Gasteiger partial charge on any atom is 0.151 e. The maximum absolute atomic E-state index is 8.65. The molecule has 5 nitrogen and oxygen atoms in total. The van der Waals surface area contributed by atoms with E-state index in [4.69, 9.17) is 10.6 Å². The number of fused-ring (bicyclic) bond motifs is 1. The van der Waals surface area contributed by atoms with Crippen molar-refractivity contribution >= 4 is 16.9 Å². The highest BCUT2D eigenvalue weighted by Gasteiger charge is 2.10. The molecule has 0 aromatic carbocycles. The number of hydroxylamine groups is 1. The van der Waals surface area contributed by atoms with E-state index in [0.717, 1.165) is 11.0 Å². The van der Waals surface area contributed by atoms with Gasteiger partial charge in [0.1, 0.15) is 5.65 Å². The summed E-state index contributed by atoms with van der Waals surface area (Å²) in [6, 6.07) is 3.67. The summed E-state index contributed by atoms with van der Waals surface area (Å²) in [6.07, 6.45) is 3.45. The first-order valence-corrected chi connectivity index (χ1v) is 4.13. The smallest absolute Gasteiger partial charge is 0.151 e. The largest absolute Gasteiger partial charge is 0.335 e. The first-order valence-electron chi connectivity index (χ1n) is 4.13. The fourth-order valence-electron chi connectivity index (χ4n) is 1.47. The summed E-state index contributed by atoms with van der Waals surface area (Å²) in [4.78, 5) is 4.17. The lowest BCUT2D eigenvalue weighted by Gasteiger charge is -1.97. The van der Waals surface area contributed by atoms with E-state index >= 15 is 0 Å². The predicted molar refractivity (Wildman–Crippen MR) is 52.5 cm³/mol. The van der Waals surface area contributed by atoms with Gasteiger partial charge in [0, 0.05) is 30.4 Å². The summed E-state index contributed by atoms with van der Waals surface area (Å²) in [7, 11) is 1.85. The van der Waals surface area contributed by atoms with Crippen molar-refractivity contribution in [2.75, 3.05) is 0 Å². The van der Waals surface area contributed by atoms with Crippen molar-refractivity contribution in [2.45, 2.75) is 0 Å². The molecule has 14 heavy (non-hydrogen) atoms. The Morgan fingerprint density at radius 2 is 2.43 bits per heavy atom. The second kappa shape index (κ2) is 3.12. The lowest BCUT2D eigenvalue weighted by Crippen LogP contribution is -2.18. The van der Waals surface area contributed by atoms with Crippen molar-refractivity contribution in [3.63, 3.8) is 0 Å². The molecule has 0 saturated carbocycles. The van der Waals surface area contributed by atoms with Crippen LogP contribution < -0.4 is 5.48 Å². The highest BCUT2D eigenvalue weighted by Crippen LogP contribution is 2.17. The van der Waals surface area contributed by atoms with Crippen LogP contribution in [-0.2, 0) is 7.05 Å². The molecule has 0 aliphatic carbocycles. The molecule has 0 spiro atoms. The van der Waals surface area contributed by atoms with Gasteiger partial charge in [-0.3, -0.25) is 16.1 Å². The van der Waals surface area contributed by atoms with Crippen molar-refractivity contribution in [1.82, 2.24) is 15.0 Å². The third kappa shape index (κ3) is 1.14. The van der Waals surface area contributed by atoms with Crippen molar-refractivity contribution in [2.24, 2.45) is 7.05 Å². The number of nitrogens with zero attached hydrogens (tertiary/aromatic N) is 2. The van der Waals surface area contributed by atoms with Gasteiger partial charge in [-0.05, 0) is 12.1 Å². The van der Waals surface area contributed by atoms with Gasteiger partial charge in [0.25, 0.3) is 0 Å². The summed E-state index contributed by atoms with van der Waals surface area (Å²) < 4.78 is 1.82. The molecule has 2 aromatic rings. The molecule has 2 aromatic heterocycles. The monoisotopic (exact) mass is 190 g/mol. The highest BCUT2D eigenvalue weighted by molar-refractivity contribution is 6.06. The van der Waals surface area contributed by atoms with E-state index in [2.05, 4.69) is 4.98 Å². The first-order chi connectivity index (χ1) is 6.74. The number of amidine groups is 1. The van der Waals surface area contributed by atoms with Gasteiger partial charge < -0.3 is 4.57 Å². The maximum atomic E-state index is 8.65. The summed E-state index contributed by atoms with van der Waals surface area (Å²) in [5, 5.41) is 17.0. The van der Waals surface area contributed by atoms with Crippen LogP contribution in [0, 0.1) is 5.41 Å². The second-order valence-corrected chi connectivity index (χ2v) is 3.02. The van der Waals surface area contributed by atoms with Gasteiger partial charge in [0.15, 0.2) is 5.84 Å². The van der Waals surface area contributed by atoms with Gasteiger partial charge in [-0.1, -0.05) is 0 Å². The van der Waals surface area contributed by atoms with Gasteiger partial charge in [-0.2, -0.15) is 0 Å². The minimum atomic E-state index is -0.0244. The summed E-state index contributed by atoms with van der Waals surface area (Å²) in [5.41, 5.74) is 3.26. The number of aromatic nitrogens is 2. The molecule has 0 aliphatic heterocycles. The van der Waals surface area contributed by atoms with Gasteiger partial charge >= 0.3 is 0 Å². The van der Waals surface area contributed by atoms with Crippen LogP contribution in [0.3, 0.4) is 0 Å². The molecule has 2 heterocycles. The number of hydrogen-bond acceptors (Lipinski definition) is 3. The van der Waals surface area contributed by atoms with Crippen LogP contribution >= 0.6 is 0 Å². The Balaban J connectivity index is 2.72. The molecule has 0 amide bonds. The number of aryl methyl sites for hydroxylation is 1.